The minimum absolute atomic E-state index is 0.750. The highest BCUT2D eigenvalue weighted by atomic mass is 16.6. The summed E-state index contributed by atoms with van der Waals surface area (Å²) in [4.78, 5) is 9.62. The van der Waals surface area contributed by atoms with Gasteiger partial charge in [-0.3, -0.25) is 10.3 Å². The Hall–Kier alpha value is -2.11. The highest BCUT2D eigenvalue weighted by Gasteiger charge is 2.09. The van der Waals surface area contributed by atoms with Crippen molar-refractivity contribution in [2.45, 2.75) is 0 Å². The zero-order chi connectivity index (χ0) is 12.9. The molecule has 2 aliphatic heterocycles. The highest BCUT2D eigenvalue weighted by molar-refractivity contribution is 5.89. The highest BCUT2D eigenvalue weighted by Crippen LogP contribution is 2.30. The average molecular weight is 257 g/mol. The Morgan fingerprint density at radius 1 is 1.21 bits per heavy atom. The summed E-state index contributed by atoms with van der Waals surface area (Å²) in [7, 11) is 0. The molecule has 0 aliphatic carbocycles. The van der Waals surface area contributed by atoms with Crippen molar-refractivity contribution in [3.8, 4) is 5.75 Å². The standard InChI is InChI=1S/C11H8N2O.C3H7NO/c1-2-9-10(12-6-1)4-3-8-5-7-13-14-11(8)9;1-2-5-3-4-1/h1-7,13H;4H,1-3H2. The number of hydrogen-bond acceptors (Lipinski definition) is 5. The van der Waals surface area contributed by atoms with Crippen molar-refractivity contribution in [3.63, 3.8) is 0 Å². The number of nitrogens with zero attached hydrogens (tertiary/aromatic N) is 1. The monoisotopic (exact) mass is 257 g/mol. The topological polar surface area (TPSA) is 55.4 Å². The lowest BCUT2D eigenvalue weighted by Gasteiger charge is -2.14. The van der Waals surface area contributed by atoms with Crippen LogP contribution < -0.4 is 15.6 Å². The second kappa shape index (κ2) is 5.69. The van der Waals surface area contributed by atoms with E-state index in [0.717, 1.165) is 42.1 Å². The van der Waals surface area contributed by atoms with Crippen molar-refractivity contribution in [2.24, 2.45) is 0 Å². The van der Waals surface area contributed by atoms with Gasteiger partial charge in [-0.2, -0.15) is 0 Å². The van der Waals surface area contributed by atoms with E-state index in [1.54, 1.807) is 12.4 Å². The van der Waals surface area contributed by atoms with E-state index in [2.05, 4.69) is 15.8 Å². The van der Waals surface area contributed by atoms with Crippen LogP contribution in [0.2, 0.25) is 0 Å². The van der Waals surface area contributed by atoms with Gasteiger partial charge < -0.3 is 9.57 Å². The van der Waals surface area contributed by atoms with Crippen molar-refractivity contribution in [1.29, 1.82) is 0 Å². The Bertz CT molecular complexity index is 587. The van der Waals surface area contributed by atoms with Gasteiger partial charge in [0.05, 0.1) is 18.9 Å². The number of fused-ring (bicyclic) bond motifs is 3. The molecule has 0 amide bonds. The van der Waals surface area contributed by atoms with Crippen LogP contribution in [0.1, 0.15) is 5.56 Å². The van der Waals surface area contributed by atoms with E-state index >= 15 is 0 Å². The second-order valence-electron chi connectivity index (χ2n) is 4.16. The van der Waals surface area contributed by atoms with Crippen molar-refractivity contribution in [2.75, 3.05) is 19.9 Å². The molecule has 4 rings (SSSR count). The van der Waals surface area contributed by atoms with Crippen molar-refractivity contribution >= 4 is 17.0 Å². The Morgan fingerprint density at radius 3 is 3.00 bits per heavy atom. The normalized spacial score (nSPS) is 16.0. The number of benzene rings is 1. The van der Waals surface area contributed by atoms with Gasteiger partial charge in [0.25, 0.3) is 0 Å². The minimum Gasteiger partial charge on any atom is -0.381 e. The Balaban J connectivity index is 0.000000187. The van der Waals surface area contributed by atoms with Gasteiger partial charge in [-0.25, -0.2) is 5.48 Å². The number of ether oxygens (including phenoxy) is 1. The summed E-state index contributed by atoms with van der Waals surface area (Å²) in [6.45, 7) is 2.67. The molecule has 19 heavy (non-hydrogen) atoms. The van der Waals surface area contributed by atoms with E-state index in [0.29, 0.717) is 0 Å². The second-order valence-corrected chi connectivity index (χ2v) is 4.16. The zero-order valence-electron chi connectivity index (χ0n) is 10.4. The molecule has 1 aromatic carbocycles. The average Bonchev–Trinajstić information content (AvgIpc) is 3.07. The largest absolute Gasteiger partial charge is 0.381 e. The first-order valence-electron chi connectivity index (χ1n) is 6.20. The van der Waals surface area contributed by atoms with Crippen LogP contribution in [0, 0.1) is 0 Å². The van der Waals surface area contributed by atoms with Crippen LogP contribution in [0.3, 0.4) is 0 Å². The van der Waals surface area contributed by atoms with Crippen LogP contribution >= 0.6 is 0 Å². The van der Waals surface area contributed by atoms with Gasteiger partial charge in [0.15, 0.2) is 5.75 Å². The fourth-order valence-corrected chi connectivity index (χ4v) is 1.96. The maximum absolute atomic E-state index is 5.36. The number of hydroxylamine groups is 1. The lowest BCUT2D eigenvalue weighted by molar-refractivity contribution is 0.194. The van der Waals surface area contributed by atoms with Crippen molar-refractivity contribution in [3.05, 3.63) is 42.2 Å². The fraction of sp³-hybridized carbons (Fsp3) is 0.214. The van der Waals surface area contributed by atoms with Crippen LogP contribution in [-0.2, 0) is 4.74 Å². The molecule has 1 saturated heterocycles. The summed E-state index contributed by atoms with van der Waals surface area (Å²) in [6.07, 6.45) is 5.52. The van der Waals surface area contributed by atoms with E-state index in [9.17, 15) is 0 Å². The summed E-state index contributed by atoms with van der Waals surface area (Å²) in [5, 5.41) is 4.03. The van der Waals surface area contributed by atoms with E-state index in [-0.39, 0.29) is 0 Å². The van der Waals surface area contributed by atoms with Gasteiger partial charge in [0, 0.05) is 29.9 Å². The van der Waals surface area contributed by atoms with Gasteiger partial charge >= 0.3 is 0 Å². The minimum atomic E-state index is 0.750. The molecule has 2 N–H and O–H groups in total. The molecule has 0 spiro atoms. The molecule has 98 valence electrons. The van der Waals surface area contributed by atoms with Crippen LogP contribution in [0.15, 0.2) is 36.7 Å². The molecule has 1 fully saturated rings. The smallest absolute Gasteiger partial charge is 0.171 e. The molecule has 5 nitrogen and oxygen atoms in total. The summed E-state index contributed by atoms with van der Waals surface area (Å²) in [6, 6.07) is 7.90. The summed E-state index contributed by atoms with van der Waals surface area (Å²) >= 11 is 0. The summed E-state index contributed by atoms with van der Waals surface area (Å²) in [5.41, 5.74) is 4.75. The van der Waals surface area contributed by atoms with Crippen LogP contribution in [0.25, 0.3) is 17.0 Å². The van der Waals surface area contributed by atoms with Gasteiger partial charge in [-0.15, -0.1) is 0 Å². The van der Waals surface area contributed by atoms with Crippen molar-refractivity contribution in [1.82, 2.24) is 15.8 Å². The molecule has 0 radical (unpaired) electrons. The van der Waals surface area contributed by atoms with E-state index in [1.807, 2.05) is 30.3 Å². The molecule has 0 atom stereocenters. The molecule has 0 unspecified atom stereocenters. The lowest BCUT2D eigenvalue weighted by atomic mass is 10.1. The Labute approximate surface area is 111 Å². The van der Waals surface area contributed by atoms with Gasteiger partial charge in [-0.1, -0.05) is 0 Å². The van der Waals surface area contributed by atoms with E-state index < -0.39 is 0 Å². The summed E-state index contributed by atoms with van der Waals surface area (Å²) in [5.74, 6) is 0.845. The lowest BCUT2D eigenvalue weighted by Crippen LogP contribution is -2.14. The van der Waals surface area contributed by atoms with Crippen LogP contribution in [0.5, 0.6) is 5.75 Å². The molecule has 0 saturated carbocycles. The fourth-order valence-electron chi connectivity index (χ4n) is 1.96. The molecular weight excluding hydrogens is 242 g/mol. The van der Waals surface area contributed by atoms with Crippen molar-refractivity contribution < 1.29 is 9.57 Å². The predicted molar refractivity (Wildman–Crippen MR) is 73.4 cm³/mol. The SMILES string of the molecule is C1=Cc2ccc3ncccc3c2ON1.C1COCN1. The first-order chi connectivity index (χ1) is 9.45. The number of pyridine rings is 1. The third-order valence-corrected chi connectivity index (χ3v) is 2.89. The molecule has 3 heterocycles. The predicted octanol–water partition coefficient (Wildman–Crippen LogP) is 1.67. The van der Waals surface area contributed by atoms with Gasteiger partial charge in [-0.05, 0) is 30.3 Å². The Morgan fingerprint density at radius 2 is 2.21 bits per heavy atom. The molecule has 5 heteroatoms. The number of rotatable bonds is 0. The zero-order valence-corrected chi connectivity index (χ0v) is 10.4. The van der Waals surface area contributed by atoms with Gasteiger partial charge in [0.1, 0.15) is 0 Å². The Kier molecular flexibility index (Phi) is 3.58. The number of nitrogens with one attached hydrogen (secondary N) is 2. The maximum Gasteiger partial charge on any atom is 0.171 e. The summed E-state index contributed by atoms with van der Waals surface area (Å²) < 4.78 is 4.83. The maximum atomic E-state index is 5.36. The van der Waals surface area contributed by atoms with E-state index in [4.69, 9.17) is 9.57 Å². The first-order valence-corrected chi connectivity index (χ1v) is 6.20. The number of aromatic nitrogens is 1. The van der Waals surface area contributed by atoms with Crippen LogP contribution in [-0.4, -0.2) is 24.9 Å². The quantitative estimate of drug-likeness (QED) is 0.752. The molecular formula is C14H15N3O2. The third kappa shape index (κ3) is 2.67. The number of hydrogen-bond donors (Lipinski definition) is 2. The van der Waals surface area contributed by atoms with E-state index in [1.165, 1.54) is 0 Å². The molecule has 1 aromatic heterocycles. The molecule has 0 bridgehead atoms. The van der Waals surface area contributed by atoms with Crippen LogP contribution in [0.4, 0.5) is 0 Å². The molecule has 2 aliphatic rings. The molecule has 2 aromatic rings. The van der Waals surface area contributed by atoms with Gasteiger partial charge in [0.2, 0.25) is 0 Å². The third-order valence-electron chi connectivity index (χ3n) is 2.89. The first kappa shape index (κ1) is 12.0.